The van der Waals surface area contributed by atoms with Crippen LogP contribution in [0.25, 0.3) is 0 Å². The van der Waals surface area contributed by atoms with Gasteiger partial charge in [-0.1, -0.05) is 60.7 Å². The van der Waals surface area contributed by atoms with Gasteiger partial charge in [0, 0.05) is 6.07 Å². The molecule has 1 amide bonds. The molecule has 3 N–H and O–H groups in total. The van der Waals surface area contributed by atoms with E-state index in [1.54, 1.807) is 60.7 Å². The topological polar surface area (TPSA) is 112 Å². The number of carbonyl (C=O) groups is 1. The summed E-state index contributed by atoms with van der Waals surface area (Å²) in [4.78, 5) is 25.0. The molecule has 3 aromatic rings. The van der Waals surface area contributed by atoms with E-state index in [0.29, 0.717) is 11.1 Å². The van der Waals surface area contributed by atoms with E-state index in [1.807, 2.05) is 0 Å². The lowest BCUT2D eigenvalue weighted by Gasteiger charge is -2.27. The Balaban J connectivity index is 1.98. The molecular weight excluding hydrogens is 372 g/mol. The first-order chi connectivity index (χ1) is 13.8. The molecule has 0 saturated heterocycles. The molecule has 1 aromatic heterocycles. The van der Waals surface area contributed by atoms with Crippen LogP contribution in [0.3, 0.4) is 0 Å². The molecule has 0 fully saturated rings. The summed E-state index contributed by atoms with van der Waals surface area (Å²) in [5.74, 6) is -0.878. The number of hydrogen-bond acceptors (Lipinski definition) is 6. The summed E-state index contributed by atoms with van der Waals surface area (Å²) in [5.41, 5.74) is 0.0880. The molecule has 0 saturated carbocycles. The zero-order chi connectivity index (χ0) is 21.0. The summed E-state index contributed by atoms with van der Waals surface area (Å²) in [6, 6.07) is 18.2. The van der Waals surface area contributed by atoms with Crippen molar-refractivity contribution in [1.29, 1.82) is 0 Å². The Morgan fingerprint density at radius 2 is 1.55 bits per heavy atom. The van der Waals surface area contributed by atoms with Gasteiger partial charge in [0.1, 0.15) is 17.1 Å². The van der Waals surface area contributed by atoms with Crippen LogP contribution in [0, 0.1) is 6.92 Å². The zero-order valence-electron chi connectivity index (χ0n) is 15.9. The lowest BCUT2D eigenvalue weighted by Crippen LogP contribution is -2.44. The van der Waals surface area contributed by atoms with Gasteiger partial charge < -0.3 is 14.6 Å². The third-order valence-electron chi connectivity index (χ3n) is 4.45. The molecule has 0 unspecified atom stereocenters. The Bertz CT molecular complexity index is 1070. The number of aromatic hydroxyl groups is 1. The highest BCUT2D eigenvalue weighted by Crippen LogP contribution is 2.29. The fourth-order valence-corrected chi connectivity index (χ4v) is 2.99. The van der Waals surface area contributed by atoms with Gasteiger partial charge in [-0.05, 0) is 25.0 Å². The number of nitrogens with zero attached hydrogens (tertiary/aromatic N) is 1. The van der Waals surface area contributed by atoms with Crippen LogP contribution < -0.4 is 11.1 Å². The minimum atomic E-state index is -2.01. The second-order valence-corrected chi connectivity index (χ2v) is 6.49. The van der Waals surface area contributed by atoms with E-state index in [4.69, 9.17) is 4.42 Å². The van der Waals surface area contributed by atoms with E-state index in [2.05, 4.69) is 10.5 Å². The molecular formula is C22H20N2O5. The number of nitrogens with one attached hydrogen (secondary N) is 1. The van der Waals surface area contributed by atoms with Crippen molar-refractivity contribution in [2.75, 3.05) is 0 Å². The first-order valence-electron chi connectivity index (χ1n) is 8.86. The highest BCUT2D eigenvalue weighted by atomic mass is 16.4. The highest BCUT2D eigenvalue weighted by molar-refractivity contribution is 6.01. The molecule has 1 heterocycles. The van der Waals surface area contributed by atoms with E-state index < -0.39 is 17.1 Å². The molecule has 2 aromatic carbocycles. The van der Waals surface area contributed by atoms with Crippen molar-refractivity contribution in [3.8, 4) is 5.75 Å². The monoisotopic (exact) mass is 392 g/mol. The molecule has 0 aliphatic carbocycles. The molecule has 0 atom stereocenters. The van der Waals surface area contributed by atoms with Crippen LogP contribution in [0.1, 0.15) is 29.4 Å². The summed E-state index contributed by atoms with van der Waals surface area (Å²) >= 11 is 0. The maximum absolute atomic E-state index is 13.0. The quantitative estimate of drug-likeness (QED) is 0.456. The average molecular weight is 392 g/mol. The Hall–Kier alpha value is -3.71. The van der Waals surface area contributed by atoms with Gasteiger partial charge in [0.25, 0.3) is 5.91 Å². The fraction of sp³-hybridized carbons (Fsp3) is 0.136. The summed E-state index contributed by atoms with van der Waals surface area (Å²) in [7, 11) is 0. The standard InChI is InChI=1S/C22H20N2O5/c1-14-13-18(25)19(20(26)29-14)15(2)23-24-21(27)22(28,16-9-5-3-6-10-16)17-11-7-4-8-12-17/h3-13,25,28H,1-2H3,(H,24,27). The summed E-state index contributed by atoms with van der Waals surface area (Å²) in [6.07, 6.45) is 0. The smallest absolute Gasteiger partial charge is 0.348 e. The largest absolute Gasteiger partial charge is 0.507 e. The maximum Gasteiger partial charge on any atom is 0.348 e. The number of aryl methyl sites for hydroxylation is 1. The zero-order valence-corrected chi connectivity index (χ0v) is 15.9. The number of amides is 1. The van der Waals surface area contributed by atoms with Crippen LogP contribution in [0.5, 0.6) is 5.75 Å². The first kappa shape index (κ1) is 20.0. The van der Waals surface area contributed by atoms with Gasteiger partial charge in [-0.3, -0.25) is 4.79 Å². The van der Waals surface area contributed by atoms with E-state index in [0.717, 1.165) is 0 Å². The van der Waals surface area contributed by atoms with E-state index in [1.165, 1.54) is 19.9 Å². The van der Waals surface area contributed by atoms with Crippen molar-refractivity contribution in [3.63, 3.8) is 0 Å². The van der Waals surface area contributed by atoms with Gasteiger partial charge in [-0.2, -0.15) is 5.10 Å². The molecule has 0 spiro atoms. The average Bonchev–Trinajstić information content (AvgIpc) is 2.72. The first-order valence-corrected chi connectivity index (χ1v) is 8.86. The lowest BCUT2D eigenvalue weighted by atomic mass is 9.85. The van der Waals surface area contributed by atoms with Crippen molar-refractivity contribution < 1.29 is 19.4 Å². The van der Waals surface area contributed by atoms with E-state index >= 15 is 0 Å². The molecule has 0 radical (unpaired) electrons. The molecule has 7 nitrogen and oxygen atoms in total. The number of hydrazone groups is 1. The predicted octanol–water partition coefficient (Wildman–Crippen LogP) is 2.43. The van der Waals surface area contributed by atoms with Crippen LogP contribution in [0.4, 0.5) is 0 Å². The van der Waals surface area contributed by atoms with Crippen LogP contribution in [0.2, 0.25) is 0 Å². The molecule has 3 rings (SSSR count). The second kappa shape index (κ2) is 8.12. The SMILES string of the molecule is CC(=NNC(=O)C(O)(c1ccccc1)c1ccccc1)c1c(O)cc(C)oc1=O. The van der Waals surface area contributed by atoms with Crippen molar-refractivity contribution in [2.24, 2.45) is 5.10 Å². The van der Waals surface area contributed by atoms with Crippen molar-refractivity contribution in [3.05, 3.63) is 99.6 Å². The molecule has 29 heavy (non-hydrogen) atoms. The number of rotatable bonds is 5. The van der Waals surface area contributed by atoms with Gasteiger partial charge in [-0.15, -0.1) is 0 Å². The summed E-state index contributed by atoms with van der Waals surface area (Å²) in [6.45, 7) is 2.96. The molecule has 0 bridgehead atoms. The number of hydrogen-bond donors (Lipinski definition) is 3. The molecule has 7 heteroatoms. The Kier molecular flexibility index (Phi) is 5.61. The highest BCUT2D eigenvalue weighted by Gasteiger charge is 2.40. The molecule has 0 aliphatic rings. The third-order valence-corrected chi connectivity index (χ3v) is 4.45. The van der Waals surface area contributed by atoms with Gasteiger partial charge in [0.05, 0.1) is 5.71 Å². The van der Waals surface area contributed by atoms with Crippen LogP contribution >= 0.6 is 0 Å². The van der Waals surface area contributed by atoms with Crippen LogP contribution in [0.15, 0.2) is 81.0 Å². The lowest BCUT2D eigenvalue weighted by molar-refractivity contribution is -0.136. The van der Waals surface area contributed by atoms with E-state index in [-0.39, 0.29) is 22.8 Å². The van der Waals surface area contributed by atoms with Crippen molar-refractivity contribution >= 4 is 11.6 Å². The van der Waals surface area contributed by atoms with Gasteiger partial charge >= 0.3 is 5.63 Å². The van der Waals surface area contributed by atoms with Gasteiger partial charge in [0.15, 0.2) is 5.60 Å². The molecule has 0 aliphatic heterocycles. The fourth-order valence-electron chi connectivity index (χ4n) is 2.99. The maximum atomic E-state index is 13.0. The normalized spacial score (nSPS) is 11.9. The Labute approximate surface area is 167 Å². The summed E-state index contributed by atoms with van der Waals surface area (Å²) < 4.78 is 4.96. The number of aliphatic hydroxyl groups is 1. The van der Waals surface area contributed by atoms with Crippen molar-refractivity contribution in [2.45, 2.75) is 19.4 Å². The second-order valence-electron chi connectivity index (χ2n) is 6.49. The Morgan fingerprint density at radius 3 is 2.03 bits per heavy atom. The minimum Gasteiger partial charge on any atom is -0.507 e. The number of benzene rings is 2. The Morgan fingerprint density at radius 1 is 1.03 bits per heavy atom. The minimum absolute atomic E-state index is 0.0353. The summed E-state index contributed by atoms with van der Waals surface area (Å²) in [5, 5.41) is 25.3. The van der Waals surface area contributed by atoms with Crippen molar-refractivity contribution in [1.82, 2.24) is 5.43 Å². The number of carbonyl (C=O) groups excluding carboxylic acids is 1. The van der Waals surface area contributed by atoms with E-state index in [9.17, 15) is 19.8 Å². The van der Waals surface area contributed by atoms with Crippen LogP contribution in [-0.4, -0.2) is 21.8 Å². The predicted molar refractivity (Wildman–Crippen MR) is 108 cm³/mol. The van der Waals surface area contributed by atoms with Gasteiger partial charge in [0.2, 0.25) is 0 Å². The van der Waals surface area contributed by atoms with Crippen LogP contribution in [-0.2, 0) is 10.4 Å². The van der Waals surface area contributed by atoms with Gasteiger partial charge in [-0.25, -0.2) is 10.2 Å². The molecule has 148 valence electrons. The third kappa shape index (κ3) is 3.95.